The van der Waals surface area contributed by atoms with Crippen LogP contribution in [0.25, 0.3) is 0 Å². The van der Waals surface area contributed by atoms with Crippen molar-refractivity contribution >= 4 is 35.7 Å². The van der Waals surface area contributed by atoms with Crippen molar-refractivity contribution in [1.29, 1.82) is 0 Å². The molecule has 3 aliphatic heterocycles. The van der Waals surface area contributed by atoms with Gasteiger partial charge in [-0.15, -0.1) is 11.8 Å². The number of thioether (sulfide) groups is 1. The van der Waals surface area contributed by atoms with E-state index in [2.05, 4.69) is 5.32 Å². The number of rotatable bonds is 7. The van der Waals surface area contributed by atoms with Crippen molar-refractivity contribution in [2.24, 2.45) is 11.8 Å². The number of carbonyl (C=O) groups excluding carboxylic acids is 4. The van der Waals surface area contributed by atoms with Crippen molar-refractivity contribution in [2.45, 2.75) is 70.8 Å². The van der Waals surface area contributed by atoms with E-state index in [1.165, 1.54) is 23.6 Å². The van der Waals surface area contributed by atoms with Crippen molar-refractivity contribution in [3.63, 3.8) is 0 Å². The van der Waals surface area contributed by atoms with Crippen LogP contribution in [0.4, 0.5) is 4.79 Å². The fraction of sp³-hybridized carbons (Fsp3) is 0.700. The second-order valence-corrected chi connectivity index (χ2v) is 9.56. The van der Waals surface area contributed by atoms with E-state index in [0.29, 0.717) is 17.9 Å². The van der Waals surface area contributed by atoms with Crippen LogP contribution >= 0.6 is 11.8 Å². The molecule has 0 saturated carbocycles. The molecule has 0 radical (unpaired) electrons. The summed E-state index contributed by atoms with van der Waals surface area (Å²) in [7, 11) is 0. The monoisotopic (exact) mass is 456 g/mol. The van der Waals surface area contributed by atoms with E-state index < -0.39 is 36.5 Å². The standard InChI is InChI=1S/C20H28N2O8S/c1-8(2)28-20(27)30-11(5)29-19(26)16-17(31-12-6-13(24)21-7-12)9(3)15-14(10(4)23)18(25)22(15)16/h8-12,14-15,23H,6-7H2,1-5H3,(H,21,24)/t9-,10-,11?,12?,14-,15-/m1/s1. The van der Waals surface area contributed by atoms with Crippen molar-refractivity contribution in [3.05, 3.63) is 10.6 Å². The number of fused-ring (bicyclic) bond motifs is 1. The number of carbonyl (C=O) groups is 4. The highest BCUT2D eigenvalue weighted by atomic mass is 32.2. The largest absolute Gasteiger partial charge is 0.511 e. The van der Waals surface area contributed by atoms with Gasteiger partial charge in [0.15, 0.2) is 0 Å². The van der Waals surface area contributed by atoms with E-state index in [-0.39, 0.29) is 34.7 Å². The van der Waals surface area contributed by atoms with Crippen molar-refractivity contribution in [3.8, 4) is 0 Å². The number of esters is 1. The summed E-state index contributed by atoms with van der Waals surface area (Å²) in [6.07, 6.45) is -3.15. The maximum absolute atomic E-state index is 13.0. The van der Waals surface area contributed by atoms with Crippen LogP contribution in [-0.2, 0) is 28.6 Å². The van der Waals surface area contributed by atoms with Crippen LogP contribution in [0.15, 0.2) is 10.6 Å². The lowest BCUT2D eigenvalue weighted by atomic mass is 9.79. The topological polar surface area (TPSA) is 131 Å². The summed E-state index contributed by atoms with van der Waals surface area (Å²) in [5, 5.41) is 12.7. The Morgan fingerprint density at radius 1 is 1.16 bits per heavy atom. The van der Waals surface area contributed by atoms with Crippen LogP contribution < -0.4 is 5.32 Å². The Bertz CT molecular complexity index is 811. The molecule has 3 aliphatic rings. The number of aliphatic hydroxyl groups excluding tert-OH is 1. The summed E-state index contributed by atoms with van der Waals surface area (Å²) in [5.41, 5.74) is 0.0800. The summed E-state index contributed by atoms with van der Waals surface area (Å²) in [6.45, 7) is 8.57. The zero-order valence-corrected chi connectivity index (χ0v) is 18.9. The first kappa shape index (κ1) is 23.4. The van der Waals surface area contributed by atoms with Crippen LogP contribution in [0.5, 0.6) is 0 Å². The quantitative estimate of drug-likeness (QED) is 0.329. The van der Waals surface area contributed by atoms with Crippen molar-refractivity contribution < 1.29 is 38.5 Å². The number of aliphatic hydroxyl groups is 1. The molecule has 0 aromatic heterocycles. The molecule has 10 nitrogen and oxygen atoms in total. The van der Waals surface area contributed by atoms with E-state index in [9.17, 15) is 24.3 Å². The van der Waals surface area contributed by atoms with Gasteiger partial charge in [0.25, 0.3) is 0 Å². The molecule has 2 saturated heterocycles. The smallest absolute Gasteiger partial charge is 0.431 e. The van der Waals surface area contributed by atoms with E-state index in [1.807, 2.05) is 6.92 Å². The molecule has 11 heteroatoms. The van der Waals surface area contributed by atoms with Gasteiger partial charge in [-0.05, 0) is 20.8 Å². The van der Waals surface area contributed by atoms with Gasteiger partial charge in [-0.3, -0.25) is 9.59 Å². The van der Waals surface area contributed by atoms with Gasteiger partial charge in [0, 0.05) is 36.0 Å². The summed E-state index contributed by atoms with van der Waals surface area (Å²) in [4.78, 5) is 50.9. The van der Waals surface area contributed by atoms with Crippen molar-refractivity contribution in [1.82, 2.24) is 10.2 Å². The first-order valence-electron chi connectivity index (χ1n) is 10.3. The van der Waals surface area contributed by atoms with Gasteiger partial charge in [0.05, 0.1) is 24.2 Å². The normalized spacial score (nSPS) is 29.3. The Labute approximate surface area is 184 Å². The van der Waals surface area contributed by atoms with Gasteiger partial charge in [0.2, 0.25) is 18.1 Å². The maximum atomic E-state index is 13.0. The molecule has 2 amide bonds. The van der Waals surface area contributed by atoms with E-state index in [1.54, 1.807) is 20.8 Å². The van der Waals surface area contributed by atoms with Gasteiger partial charge >= 0.3 is 12.1 Å². The number of ether oxygens (including phenoxy) is 3. The van der Waals surface area contributed by atoms with Gasteiger partial charge in [-0.1, -0.05) is 6.92 Å². The minimum atomic E-state index is -1.23. The predicted octanol–water partition coefficient (Wildman–Crippen LogP) is 1.13. The second-order valence-electron chi connectivity index (χ2n) is 8.22. The molecule has 2 unspecified atom stereocenters. The van der Waals surface area contributed by atoms with Crippen LogP contribution in [-0.4, -0.2) is 70.3 Å². The molecule has 3 heterocycles. The molecule has 2 fully saturated rings. The summed E-state index contributed by atoms with van der Waals surface area (Å²) in [6, 6.07) is -0.371. The van der Waals surface area contributed by atoms with Crippen LogP contribution in [0.1, 0.15) is 41.0 Å². The Hall–Kier alpha value is -2.27. The molecule has 0 aromatic carbocycles. The molecule has 6 atom stereocenters. The number of amides is 2. The predicted molar refractivity (Wildman–Crippen MR) is 109 cm³/mol. The Morgan fingerprint density at radius 3 is 2.39 bits per heavy atom. The third kappa shape index (κ3) is 4.67. The number of hydrogen-bond acceptors (Lipinski definition) is 9. The van der Waals surface area contributed by atoms with Crippen LogP contribution in [0, 0.1) is 11.8 Å². The zero-order chi connectivity index (χ0) is 23.0. The summed E-state index contributed by atoms with van der Waals surface area (Å²) < 4.78 is 15.1. The van der Waals surface area contributed by atoms with Crippen molar-refractivity contribution in [2.75, 3.05) is 6.54 Å². The fourth-order valence-corrected chi connectivity index (χ4v) is 5.51. The molecule has 172 valence electrons. The zero-order valence-electron chi connectivity index (χ0n) is 18.1. The first-order chi connectivity index (χ1) is 14.5. The SMILES string of the molecule is CC(C)OC(=O)OC(C)OC(=O)C1=C(SC2CNC(=O)C2)[C@H](C)[C@@H]2[C@@H]([C@@H](C)O)C(=O)N12. The molecule has 0 aliphatic carbocycles. The van der Waals surface area contributed by atoms with Crippen LogP contribution in [0.3, 0.4) is 0 Å². The first-order valence-corrected chi connectivity index (χ1v) is 11.2. The summed E-state index contributed by atoms with van der Waals surface area (Å²) >= 11 is 1.36. The van der Waals surface area contributed by atoms with Gasteiger partial charge in [-0.25, -0.2) is 9.59 Å². The van der Waals surface area contributed by atoms with E-state index in [4.69, 9.17) is 14.2 Å². The molecular formula is C20H28N2O8S. The van der Waals surface area contributed by atoms with E-state index in [0.717, 1.165) is 0 Å². The molecule has 2 N–H and O–H groups in total. The highest BCUT2D eigenvalue weighted by molar-refractivity contribution is 8.03. The number of nitrogens with zero attached hydrogens (tertiary/aromatic N) is 1. The molecule has 0 aromatic rings. The molecule has 31 heavy (non-hydrogen) atoms. The molecule has 3 rings (SSSR count). The highest BCUT2D eigenvalue weighted by Gasteiger charge is 2.60. The Morgan fingerprint density at radius 2 is 1.84 bits per heavy atom. The number of hydrogen-bond donors (Lipinski definition) is 2. The van der Waals surface area contributed by atoms with E-state index >= 15 is 0 Å². The Balaban J connectivity index is 1.79. The minimum Gasteiger partial charge on any atom is -0.431 e. The lowest BCUT2D eigenvalue weighted by Crippen LogP contribution is -2.63. The summed E-state index contributed by atoms with van der Waals surface area (Å²) in [5.74, 6) is -2.07. The second kappa shape index (κ2) is 9.07. The third-order valence-corrected chi connectivity index (χ3v) is 6.89. The maximum Gasteiger partial charge on any atom is 0.511 e. The minimum absolute atomic E-state index is 0.0697. The molecular weight excluding hydrogens is 428 g/mol. The van der Waals surface area contributed by atoms with Crippen LogP contribution in [0.2, 0.25) is 0 Å². The fourth-order valence-electron chi connectivity index (χ4n) is 4.10. The number of nitrogens with one attached hydrogen (secondary N) is 1. The average Bonchev–Trinajstić information content (AvgIpc) is 3.14. The van der Waals surface area contributed by atoms with Gasteiger partial charge in [0.1, 0.15) is 5.70 Å². The highest BCUT2D eigenvalue weighted by Crippen LogP contribution is 2.52. The number of β-lactam (4-membered cyclic amide) rings is 1. The molecule has 0 bridgehead atoms. The Kier molecular flexibility index (Phi) is 6.85. The average molecular weight is 457 g/mol. The van der Waals surface area contributed by atoms with Gasteiger partial charge < -0.3 is 29.5 Å². The lowest BCUT2D eigenvalue weighted by molar-refractivity contribution is -0.174. The molecule has 0 spiro atoms. The lowest BCUT2D eigenvalue weighted by Gasteiger charge is -2.46. The van der Waals surface area contributed by atoms with Gasteiger partial charge in [-0.2, -0.15) is 0 Å². The third-order valence-electron chi connectivity index (χ3n) is 5.40.